The fourth-order valence-corrected chi connectivity index (χ4v) is 6.94. The number of nitrogens with one attached hydrogen (secondary N) is 3. The Balaban J connectivity index is 0.000000156. The largest absolute Gasteiger partial charge is 0.493 e. The van der Waals surface area contributed by atoms with Crippen molar-refractivity contribution >= 4 is 33.6 Å². The minimum Gasteiger partial charge on any atom is -0.493 e. The highest BCUT2D eigenvalue weighted by Crippen LogP contribution is 2.33. The number of methoxy groups -OCH3 is 1. The van der Waals surface area contributed by atoms with Crippen LogP contribution in [0.4, 0.5) is 20.2 Å². The molecule has 2 aliphatic heterocycles. The predicted octanol–water partition coefficient (Wildman–Crippen LogP) is 4.63. The third-order valence-corrected chi connectivity index (χ3v) is 9.78. The van der Waals surface area contributed by atoms with Gasteiger partial charge in [-0.15, -0.1) is 0 Å². The quantitative estimate of drug-likeness (QED) is 0.212. The summed E-state index contributed by atoms with van der Waals surface area (Å²) in [7, 11) is 1.37. The Labute approximate surface area is 313 Å². The third kappa shape index (κ3) is 7.70. The Kier molecular flexibility index (Phi) is 10.1. The molecular weight excluding hydrogens is 708 g/mol. The summed E-state index contributed by atoms with van der Waals surface area (Å²) in [6.45, 7) is 4.35. The van der Waals surface area contributed by atoms with E-state index in [0.717, 1.165) is 80.2 Å². The second-order valence-electron chi connectivity index (χ2n) is 13.2. The smallest absolute Gasteiger partial charge is 0.387 e. The maximum absolute atomic E-state index is 12.7. The first kappa shape index (κ1) is 35.7. The lowest BCUT2D eigenvalue weighted by Gasteiger charge is -2.29. The topological polar surface area (TPSA) is 134 Å². The minimum absolute atomic E-state index is 0.0591. The molecule has 0 aliphatic carbocycles. The van der Waals surface area contributed by atoms with Crippen LogP contribution in [0.15, 0.2) is 107 Å². The Morgan fingerprint density at radius 2 is 1.20 bits per heavy atom. The van der Waals surface area contributed by atoms with Crippen LogP contribution >= 0.6 is 0 Å². The molecule has 55 heavy (non-hydrogen) atoms. The number of halogens is 2. The van der Waals surface area contributed by atoms with Crippen LogP contribution in [-0.2, 0) is 0 Å². The zero-order valence-corrected chi connectivity index (χ0v) is 30.0. The van der Waals surface area contributed by atoms with Crippen LogP contribution in [0, 0.1) is 0 Å². The molecule has 282 valence electrons. The number of aromatic amines is 1. The van der Waals surface area contributed by atoms with Crippen LogP contribution in [0.25, 0.3) is 44.7 Å². The highest BCUT2D eigenvalue weighted by Gasteiger charge is 2.16. The number of aromatic nitrogens is 5. The van der Waals surface area contributed by atoms with Crippen molar-refractivity contribution in [3.05, 3.63) is 118 Å². The molecule has 7 heterocycles. The summed E-state index contributed by atoms with van der Waals surface area (Å²) in [4.78, 5) is 42.3. The Morgan fingerprint density at radius 3 is 1.75 bits per heavy atom. The number of benzene rings is 2. The van der Waals surface area contributed by atoms with Crippen LogP contribution in [0.5, 0.6) is 11.5 Å². The molecule has 3 N–H and O–H groups in total. The van der Waals surface area contributed by atoms with Gasteiger partial charge in [0.05, 0.1) is 29.9 Å². The van der Waals surface area contributed by atoms with E-state index >= 15 is 0 Å². The molecular formula is C40H39F2N9O4. The van der Waals surface area contributed by atoms with Gasteiger partial charge in [-0.05, 0) is 60.7 Å². The first-order valence-corrected chi connectivity index (χ1v) is 18.0. The number of pyridine rings is 2. The molecule has 0 unspecified atom stereocenters. The molecule has 2 aliphatic rings. The molecule has 5 aromatic heterocycles. The van der Waals surface area contributed by atoms with Gasteiger partial charge in [-0.25, -0.2) is 9.97 Å². The molecule has 13 nitrogen and oxygen atoms in total. The Morgan fingerprint density at radius 1 is 0.655 bits per heavy atom. The van der Waals surface area contributed by atoms with Gasteiger partial charge in [0, 0.05) is 105 Å². The standard InChI is InChI=1S/C20H20F2N4O3.C20H19N5O/c1-28-16-4-2-13(10-17(16)29-20(21)22)15-11-19(27)26-12-14(3-5-18(26)24-15)25-8-6-23-7-9-25;26-20-12-18(14-1-3-17-15(11-14)5-6-22-17)23-19-4-2-16(13-25(19)20)24-9-7-21-8-10-24/h2-5,10-12,20,23H,6-9H2,1H3;1-6,11-13,21-22H,7-10H2. The van der Waals surface area contributed by atoms with Gasteiger partial charge < -0.3 is 34.9 Å². The van der Waals surface area contributed by atoms with E-state index in [9.17, 15) is 18.4 Å². The molecule has 2 saturated heterocycles. The number of anilines is 2. The van der Waals surface area contributed by atoms with Gasteiger partial charge in [0.25, 0.3) is 11.1 Å². The molecule has 0 amide bonds. The number of nitrogens with zero attached hydrogens (tertiary/aromatic N) is 6. The number of fused-ring (bicyclic) bond motifs is 3. The first-order chi connectivity index (χ1) is 26.8. The fourth-order valence-electron chi connectivity index (χ4n) is 6.94. The van der Waals surface area contributed by atoms with Gasteiger partial charge >= 0.3 is 6.61 Å². The van der Waals surface area contributed by atoms with Crippen molar-refractivity contribution in [1.29, 1.82) is 0 Å². The number of rotatable bonds is 7. The lowest BCUT2D eigenvalue weighted by atomic mass is 10.1. The second kappa shape index (κ2) is 15.6. The van der Waals surface area contributed by atoms with Crippen LogP contribution < -0.4 is 41.0 Å². The third-order valence-electron chi connectivity index (χ3n) is 9.78. The molecule has 9 rings (SSSR count). The number of H-pyrrole nitrogens is 1. The lowest BCUT2D eigenvalue weighted by molar-refractivity contribution is -0.0511. The number of alkyl halides is 2. The summed E-state index contributed by atoms with van der Waals surface area (Å²) < 4.78 is 38.0. The van der Waals surface area contributed by atoms with Crippen LogP contribution in [0.3, 0.4) is 0 Å². The first-order valence-electron chi connectivity index (χ1n) is 18.0. The van der Waals surface area contributed by atoms with Crippen LogP contribution in [0.1, 0.15) is 0 Å². The monoisotopic (exact) mass is 747 g/mol. The normalized spacial score (nSPS) is 14.7. The number of hydrogen-bond donors (Lipinski definition) is 3. The van der Waals surface area contributed by atoms with Crippen molar-refractivity contribution in [3.8, 4) is 34.0 Å². The van der Waals surface area contributed by atoms with Crippen molar-refractivity contribution in [2.24, 2.45) is 0 Å². The summed E-state index contributed by atoms with van der Waals surface area (Å²) in [5, 5.41) is 7.75. The Bertz CT molecular complexity index is 2600. The van der Waals surface area contributed by atoms with Gasteiger partial charge in [0.15, 0.2) is 11.5 Å². The molecule has 0 saturated carbocycles. The predicted molar refractivity (Wildman–Crippen MR) is 209 cm³/mol. The van der Waals surface area contributed by atoms with E-state index in [0.29, 0.717) is 28.2 Å². The molecule has 15 heteroatoms. The minimum atomic E-state index is -2.99. The van der Waals surface area contributed by atoms with Gasteiger partial charge in [0.2, 0.25) is 0 Å². The molecule has 0 atom stereocenters. The molecule has 2 fully saturated rings. The summed E-state index contributed by atoms with van der Waals surface area (Å²) in [5.74, 6) is 0.0586. The van der Waals surface area contributed by atoms with Crippen molar-refractivity contribution in [2.45, 2.75) is 6.61 Å². The summed E-state index contributed by atoms with van der Waals surface area (Å²) in [6.07, 6.45) is 5.59. The number of hydrogen-bond acceptors (Lipinski definition) is 10. The van der Waals surface area contributed by atoms with Crippen molar-refractivity contribution in [3.63, 3.8) is 0 Å². The van der Waals surface area contributed by atoms with Gasteiger partial charge in [-0.3, -0.25) is 18.4 Å². The van der Waals surface area contributed by atoms with Gasteiger partial charge in [-0.2, -0.15) is 8.78 Å². The fraction of sp³-hybridized carbons (Fsp3) is 0.250. The maximum atomic E-state index is 12.7. The lowest BCUT2D eigenvalue weighted by Crippen LogP contribution is -2.43. The van der Waals surface area contributed by atoms with E-state index in [4.69, 9.17) is 9.72 Å². The van der Waals surface area contributed by atoms with Crippen molar-refractivity contribution in [1.82, 2.24) is 34.4 Å². The van der Waals surface area contributed by atoms with E-state index in [1.165, 1.54) is 29.7 Å². The van der Waals surface area contributed by atoms with Crippen molar-refractivity contribution < 1.29 is 18.3 Å². The van der Waals surface area contributed by atoms with Gasteiger partial charge in [-0.1, -0.05) is 6.07 Å². The van der Waals surface area contributed by atoms with E-state index in [1.807, 2.05) is 48.8 Å². The molecule has 2 aromatic carbocycles. The summed E-state index contributed by atoms with van der Waals surface area (Å²) in [6, 6.07) is 23.3. The zero-order chi connectivity index (χ0) is 37.9. The average Bonchev–Trinajstić information content (AvgIpc) is 3.70. The Hall–Kier alpha value is -6.32. The van der Waals surface area contributed by atoms with Gasteiger partial charge in [0.1, 0.15) is 11.3 Å². The van der Waals surface area contributed by atoms with Crippen LogP contribution in [-0.4, -0.2) is 89.8 Å². The molecule has 0 spiro atoms. The summed E-state index contributed by atoms with van der Waals surface area (Å²) >= 11 is 0. The second-order valence-corrected chi connectivity index (χ2v) is 13.2. The molecule has 0 bridgehead atoms. The van der Waals surface area contributed by atoms with Crippen LogP contribution in [0.2, 0.25) is 0 Å². The number of ether oxygens (including phenoxy) is 2. The molecule has 0 radical (unpaired) electrons. The highest BCUT2D eigenvalue weighted by molar-refractivity contribution is 5.84. The van der Waals surface area contributed by atoms with E-state index in [1.54, 1.807) is 28.8 Å². The average molecular weight is 748 g/mol. The zero-order valence-electron chi connectivity index (χ0n) is 30.0. The SMILES string of the molecule is COc1ccc(-c2cc(=O)n3cc(N4CCNCC4)ccc3n2)cc1OC(F)F.O=c1cc(-c2ccc3[nH]ccc3c2)nc2ccc(N3CCNCC3)cn12. The highest BCUT2D eigenvalue weighted by atomic mass is 19.3. The number of piperazine rings is 2. The summed E-state index contributed by atoms with van der Waals surface area (Å²) in [5.41, 5.74) is 6.41. The van der Waals surface area contributed by atoms with E-state index in [-0.39, 0.29) is 22.6 Å². The van der Waals surface area contributed by atoms with E-state index < -0.39 is 6.61 Å². The van der Waals surface area contributed by atoms with E-state index in [2.05, 4.69) is 41.2 Å². The molecule has 7 aromatic rings. The van der Waals surface area contributed by atoms with Crippen molar-refractivity contribution in [2.75, 3.05) is 69.3 Å². The maximum Gasteiger partial charge on any atom is 0.387 e.